The molecule has 20 heavy (non-hydrogen) atoms. The molecule has 0 bridgehead atoms. The molecule has 0 saturated carbocycles. The van der Waals surface area contributed by atoms with Crippen LogP contribution in [0.3, 0.4) is 0 Å². The summed E-state index contributed by atoms with van der Waals surface area (Å²) in [5.41, 5.74) is 2.72. The molecule has 2 rings (SSSR count). The van der Waals surface area contributed by atoms with Gasteiger partial charge in [0.05, 0.1) is 7.11 Å². The Morgan fingerprint density at radius 2 is 2.20 bits per heavy atom. The first-order chi connectivity index (χ1) is 9.58. The first-order valence-electron chi connectivity index (χ1n) is 7.26. The molecule has 0 aromatic heterocycles. The van der Waals surface area contributed by atoms with Crippen molar-refractivity contribution in [3.63, 3.8) is 0 Å². The van der Waals surface area contributed by atoms with Gasteiger partial charge < -0.3 is 10.1 Å². The first-order valence-corrected chi connectivity index (χ1v) is 7.26. The highest BCUT2D eigenvalue weighted by Crippen LogP contribution is 2.23. The highest BCUT2D eigenvalue weighted by molar-refractivity contribution is 5.76. The number of ether oxygens (including phenoxy) is 1. The lowest BCUT2D eigenvalue weighted by molar-refractivity contribution is -0.121. The van der Waals surface area contributed by atoms with Crippen LogP contribution in [-0.2, 0) is 17.8 Å². The predicted octanol–water partition coefficient (Wildman–Crippen LogP) is 1.97. The van der Waals surface area contributed by atoms with Crippen LogP contribution in [0.15, 0.2) is 18.2 Å². The second-order valence-electron chi connectivity index (χ2n) is 5.63. The number of rotatable bonds is 5. The molecular formula is C16H24N2O2. The van der Waals surface area contributed by atoms with Gasteiger partial charge in [-0.2, -0.15) is 0 Å². The van der Waals surface area contributed by atoms with Crippen molar-refractivity contribution >= 4 is 5.91 Å². The van der Waals surface area contributed by atoms with Crippen LogP contribution in [0.2, 0.25) is 0 Å². The SMILES string of the molecule is COc1ccc2c(c1)CN(CCC(=O)NC(C)C)CC2. The molecule has 4 heteroatoms. The number of carbonyl (C=O) groups is 1. The van der Waals surface area contributed by atoms with Gasteiger partial charge >= 0.3 is 0 Å². The van der Waals surface area contributed by atoms with E-state index in [1.54, 1.807) is 7.11 Å². The van der Waals surface area contributed by atoms with Gasteiger partial charge in [-0.1, -0.05) is 6.07 Å². The van der Waals surface area contributed by atoms with Crippen LogP contribution in [0.5, 0.6) is 5.75 Å². The van der Waals surface area contributed by atoms with Crippen molar-refractivity contribution < 1.29 is 9.53 Å². The van der Waals surface area contributed by atoms with Crippen LogP contribution in [0.4, 0.5) is 0 Å². The molecule has 1 aliphatic rings. The third-order valence-corrected chi connectivity index (χ3v) is 3.61. The molecule has 0 radical (unpaired) electrons. The second-order valence-corrected chi connectivity index (χ2v) is 5.63. The van der Waals surface area contributed by atoms with E-state index in [0.29, 0.717) is 6.42 Å². The van der Waals surface area contributed by atoms with E-state index in [2.05, 4.69) is 22.3 Å². The summed E-state index contributed by atoms with van der Waals surface area (Å²) < 4.78 is 5.27. The number of carbonyl (C=O) groups excluding carboxylic acids is 1. The largest absolute Gasteiger partial charge is 0.497 e. The lowest BCUT2D eigenvalue weighted by atomic mass is 9.99. The summed E-state index contributed by atoms with van der Waals surface area (Å²) in [7, 11) is 1.69. The maximum atomic E-state index is 11.7. The fourth-order valence-corrected chi connectivity index (χ4v) is 2.56. The molecule has 1 N–H and O–H groups in total. The van der Waals surface area contributed by atoms with Crippen LogP contribution in [-0.4, -0.2) is 37.0 Å². The Hall–Kier alpha value is -1.55. The fraction of sp³-hybridized carbons (Fsp3) is 0.562. The molecule has 0 atom stereocenters. The van der Waals surface area contributed by atoms with Crippen LogP contribution in [0.25, 0.3) is 0 Å². The summed E-state index contributed by atoms with van der Waals surface area (Å²) >= 11 is 0. The van der Waals surface area contributed by atoms with Crippen molar-refractivity contribution in [3.8, 4) is 5.75 Å². The zero-order chi connectivity index (χ0) is 14.5. The summed E-state index contributed by atoms with van der Waals surface area (Å²) in [6.45, 7) is 6.72. The lowest BCUT2D eigenvalue weighted by Crippen LogP contribution is -2.36. The van der Waals surface area contributed by atoms with Crippen LogP contribution >= 0.6 is 0 Å². The van der Waals surface area contributed by atoms with Crippen molar-refractivity contribution in [2.45, 2.75) is 39.3 Å². The zero-order valence-corrected chi connectivity index (χ0v) is 12.6. The highest BCUT2D eigenvalue weighted by Gasteiger charge is 2.17. The van der Waals surface area contributed by atoms with Gasteiger partial charge in [0.15, 0.2) is 0 Å². The minimum absolute atomic E-state index is 0.136. The fourth-order valence-electron chi connectivity index (χ4n) is 2.56. The minimum Gasteiger partial charge on any atom is -0.497 e. The number of hydrogen-bond acceptors (Lipinski definition) is 3. The molecule has 4 nitrogen and oxygen atoms in total. The molecule has 1 aromatic rings. The second kappa shape index (κ2) is 6.75. The van der Waals surface area contributed by atoms with E-state index in [9.17, 15) is 4.79 Å². The third-order valence-electron chi connectivity index (χ3n) is 3.61. The van der Waals surface area contributed by atoms with E-state index < -0.39 is 0 Å². The first kappa shape index (κ1) is 14.9. The number of methoxy groups -OCH3 is 1. The normalized spacial score (nSPS) is 15.0. The van der Waals surface area contributed by atoms with Gasteiger partial charge in [-0.05, 0) is 43.5 Å². The topological polar surface area (TPSA) is 41.6 Å². The summed E-state index contributed by atoms with van der Waals surface area (Å²) in [6.07, 6.45) is 1.61. The van der Waals surface area contributed by atoms with E-state index in [1.807, 2.05) is 19.9 Å². The molecule has 1 amide bonds. The molecule has 0 fully saturated rings. The van der Waals surface area contributed by atoms with Gasteiger partial charge in [0, 0.05) is 32.1 Å². The van der Waals surface area contributed by atoms with Crippen LogP contribution in [0, 0.1) is 0 Å². The summed E-state index contributed by atoms with van der Waals surface area (Å²) in [4.78, 5) is 14.0. The molecule has 0 spiro atoms. The maximum Gasteiger partial charge on any atom is 0.221 e. The van der Waals surface area contributed by atoms with Gasteiger partial charge in [0.25, 0.3) is 0 Å². The van der Waals surface area contributed by atoms with Crippen molar-refractivity contribution in [2.24, 2.45) is 0 Å². The molecule has 1 aromatic carbocycles. The smallest absolute Gasteiger partial charge is 0.221 e. The van der Waals surface area contributed by atoms with E-state index in [0.717, 1.165) is 31.8 Å². The standard InChI is InChI=1S/C16H24N2O2/c1-12(2)17-16(19)7-9-18-8-6-13-4-5-15(20-3)10-14(13)11-18/h4-5,10,12H,6-9,11H2,1-3H3,(H,17,19). The number of benzene rings is 1. The molecule has 1 aliphatic heterocycles. The zero-order valence-electron chi connectivity index (χ0n) is 12.6. The van der Waals surface area contributed by atoms with E-state index in [-0.39, 0.29) is 11.9 Å². The number of hydrogen-bond donors (Lipinski definition) is 1. The summed E-state index contributed by atoms with van der Waals surface area (Å²) in [6, 6.07) is 6.49. The van der Waals surface area contributed by atoms with Crippen LogP contribution in [0.1, 0.15) is 31.4 Å². The van der Waals surface area contributed by atoms with Crippen molar-refractivity contribution in [3.05, 3.63) is 29.3 Å². The van der Waals surface area contributed by atoms with Crippen LogP contribution < -0.4 is 10.1 Å². The molecule has 110 valence electrons. The van der Waals surface area contributed by atoms with Gasteiger partial charge in [0.2, 0.25) is 5.91 Å². The van der Waals surface area contributed by atoms with Gasteiger partial charge in [-0.15, -0.1) is 0 Å². The minimum atomic E-state index is 0.136. The van der Waals surface area contributed by atoms with E-state index in [4.69, 9.17) is 4.74 Å². The quantitative estimate of drug-likeness (QED) is 0.894. The van der Waals surface area contributed by atoms with Crippen molar-refractivity contribution in [2.75, 3.05) is 20.2 Å². The maximum absolute atomic E-state index is 11.7. The Balaban J connectivity index is 1.89. The third kappa shape index (κ3) is 3.97. The molecule has 0 unspecified atom stereocenters. The van der Waals surface area contributed by atoms with Crippen molar-refractivity contribution in [1.82, 2.24) is 10.2 Å². The average Bonchev–Trinajstić information content (AvgIpc) is 2.43. The number of nitrogens with zero attached hydrogens (tertiary/aromatic N) is 1. The number of amides is 1. The molecule has 1 heterocycles. The monoisotopic (exact) mass is 276 g/mol. The Labute approximate surface area is 121 Å². The Kier molecular flexibility index (Phi) is 5.01. The van der Waals surface area contributed by atoms with Gasteiger partial charge in [-0.3, -0.25) is 9.69 Å². The average molecular weight is 276 g/mol. The Bertz CT molecular complexity index is 472. The van der Waals surface area contributed by atoms with E-state index in [1.165, 1.54) is 11.1 Å². The molecule has 0 aliphatic carbocycles. The van der Waals surface area contributed by atoms with Crippen molar-refractivity contribution in [1.29, 1.82) is 0 Å². The Morgan fingerprint density at radius 1 is 1.40 bits per heavy atom. The Morgan fingerprint density at radius 3 is 2.90 bits per heavy atom. The predicted molar refractivity (Wildman–Crippen MR) is 79.9 cm³/mol. The van der Waals surface area contributed by atoms with Gasteiger partial charge in [0.1, 0.15) is 5.75 Å². The summed E-state index contributed by atoms with van der Waals surface area (Å²) in [5, 5.41) is 2.93. The number of nitrogens with one attached hydrogen (secondary N) is 1. The number of fused-ring (bicyclic) bond motifs is 1. The molecule has 0 saturated heterocycles. The summed E-state index contributed by atoms with van der Waals surface area (Å²) in [5.74, 6) is 1.04. The van der Waals surface area contributed by atoms with Gasteiger partial charge in [-0.25, -0.2) is 0 Å². The lowest BCUT2D eigenvalue weighted by Gasteiger charge is -2.28. The van der Waals surface area contributed by atoms with E-state index >= 15 is 0 Å². The molecular weight excluding hydrogens is 252 g/mol. The highest BCUT2D eigenvalue weighted by atomic mass is 16.5.